The third-order valence-electron chi connectivity index (χ3n) is 3.48. The van der Waals surface area contributed by atoms with Crippen molar-refractivity contribution in [1.29, 1.82) is 0 Å². The lowest BCUT2D eigenvalue weighted by atomic mass is 9.96. The minimum atomic E-state index is -0.209. The Bertz CT molecular complexity index is 599. The van der Waals surface area contributed by atoms with Crippen molar-refractivity contribution in [3.8, 4) is 0 Å². The molecule has 0 saturated carbocycles. The van der Waals surface area contributed by atoms with Crippen LogP contribution in [0.15, 0.2) is 28.8 Å². The summed E-state index contributed by atoms with van der Waals surface area (Å²) in [7, 11) is 0. The number of nitrogens with one attached hydrogen (secondary N) is 1. The Morgan fingerprint density at radius 3 is 2.74 bits per heavy atom. The van der Waals surface area contributed by atoms with Crippen molar-refractivity contribution in [2.24, 2.45) is 0 Å². The second kappa shape index (κ2) is 4.88. The second-order valence-electron chi connectivity index (χ2n) is 4.96. The number of rotatable bonds is 2. The summed E-state index contributed by atoms with van der Waals surface area (Å²) >= 11 is 0. The van der Waals surface area contributed by atoms with E-state index in [-0.39, 0.29) is 5.91 Å². The van der Waals surface area contributed by atoms with E-state index in [4.69, 9.17) is 4.52 Å². The summed E-state index contributed by atoms with van der Waals surface area (Å²) in [6, 6.07) is 7.70. The van der Waals surface area contributed by atoms with Crippen molar-refractivity contribution in [3.63, 3.8) is 0 Å². The Morgan fingerprint density at radius 1 is 1.21 bits per heavy atom. The fourth-order valence-electron chi connectivity index (χ4n) is 2.39. The number of carbonyl (C=O) groups excluding carboxylic acids is 1. The number of amides is 1. The van der Waals surface area contributed by atoms with E-state index in [0.29, 0.717) is 5.76 Å². The van der Waals surface area contributed by atoms with Crippen molar-refractivity contribution in [3.05, 3.63) is 46.8 Å². The molecule has 2 aromatic rings. The van der Waals surface area contributed by atoms with Crippen molar-refractivity contribution < 1.29 is 9.32 Å². The smallest absolute Gasteiger partial charge is 0.294 e. The Hall–Kier alpha value is -2.10. The molecule has 0 unspecified atom stereocenters. The highest BCUT2D eigenvalue weighted by Crippen LogP contribution is 2.24. The van der Waals surface area contributed by atoms with Crippen LogP contribution in [0.3, 0.4) is 0 Å². The van der Waals surface area contributed by atoms with Crippen LogP contribution >= 0.6 is 0 Å². The minimum absolute atomic E-state index is 0.209. The number of benzene rings is 1. The molecule has 1 aromatic carbocycles. The number of nitrogens with zero attached hydrogens (tertiary/aromatic N) is 1. The number of anilines is 1. The fourth-order valence-corrected chi connectivity index (χ4v) is 2.39. The molecule has 1 heterocycles. The predicted octanol–water partition coefficient (Wildman–Crippen LogP) is 3.11. The molecule has 1 aliphatic rings. The summed E-state index contributed by atoms with van der Waals surface area (Å²) in [5.41, 5.74) is 3.86. The van der Waals surface area contributed by atoms with E-state index in [1.165, 1.54) is 0 Å². The van der Waals surface area contributed by atoms with Gasteiger partial charge in [-0.05, 0) is 44.7 Å². The van der Waals surface area contributed by atoms with Gasteiger partial charge < -0.3 is 9.84 Å². The van der Waals surface area contributed by atoms with Gasteiger partial charge in [-0.25, -0.2) is 0 Å². The number of hydrogen-bond acceptors (Lipinski definition) is 3. The van der Waals surface area contributed by atoms with Gasteiger partial charge in [-0.1, -0.05) is 22.9 Å². The van der Waals surface area contributed by atoms with Gasteiger partial charge >= 0.3 is 0 Å². The zero-order valence-electron chi connectivity index (χ0n) is 10.9. The number of aryl methyl sites for hydroxylation is 2. The van der Waals surface area contributed by atoms with E-state index < -0.39 is 0 Å². The first-order valence-corrected chi connectivity index (χ1v) is 6.59. The summed E-state index contributed by atoms with van der Waals surface area (Å²) < 4.78 is 5.21. The van der Waals surface area contributed by atoms with Gasteiger partial charge in [0.15, 0.2) is 0 Å². The van der Waals surface area contributed by atoms with E-state index in [1.54, 1.807) is 0 Å². The molecule has 19 heavy (non-hydrogen) atoms. The first kappa shape index (κ1) is 12.0. The van der Waals surface area contributed by atoms with Crippen molar-refractivity contribution in [1.82, 2.24) is 5.16 Å². The van der Waals surface area contributed by atoms with Gasteiger partial charge in [-0.2, -0.15) is 0 Å². The zero-order chi connectivity index (χ0) is 13.2. The summed E-state index contributed by atoms with van der Waals surface area (Å²) in [6.45, 7) is 2.01. The number of hydrogen-bond donors (Lipinski definition) is 1. The van der Waals surface area contributed by atoms with Crippen LogP contribution in [-0.2, 0) is 12.8 Å². The van der Waals surface area contributed by atoms with Gasteiger partial charge in [0.2, 0.25) is 5.76 Å². The van der Waals surface area contributed by atoms with Gasteiger partial charge in [0.25, 0.3) is 5.91 Å². The van der Waals surface area contributed by atoms with Crippen LogP contribution in [0.2, 0.25) is 0 Å². The van der Waals surface area contributed by atoms with Gasteiger partial charge in [-0.15, -0.1) is 0 Å². The Morgan fingerprint density at radius 2 is 1.95 bits per heavy atom. The van der Waals surface area contributed by atoms with Crippen molar-refractivity contribution in [2.45, 2.75) is 32.6 Å². The maximum atomic E-state index is 12.2. The Balaban J connectivity index is 1.80. The van der Waals surface area contributed by atoms with E-state index in [9.17, 15) is 4.79 Å². The molecular weight excluding hydrogens is 240 g/mol. The van der Waals surface area contributed by atoms with Crippen LogP contribution in [0, 0.1) is 6.92 Å². The van der Waals surface area contributed by atoms with Crippen LogP contribution in [0.1, 0.15) is 40.2 Å². The number of fused-ring (bicyclic) bond motifs is 1. The maximum Gasteiger partial charge on any atom is 0.294 e. The standard InChI is InChI=1S/C15H16N2O2/c1-10-6-8-11(9-7-10)16-15(18)14-12-4-2-3-5-13(12)17-19-14/h6-9H,2-5H2,1H3,(H,16,18). The molecule has 0 radical (unpaired) electrons. The molecule has 0 saturated heterocycles. The molecule has 1 aliphatic carbocycles. The Labute approximate surface area is 111 Å². The maximum absolute atomic E-state index is 12.2. The molecule has 1 aromatic heterocycles. The molecule has 0 spiro atoms. The first-order chi connectivity index (χ1) is 9.24. The lowest BCUT2D eigenvalue weighted by Gasteiger charge is -2.09. The second-order valence-corrected chi connectivity index (χ2v) is 4.96. The molecule has 0 fully saturated rings. The molecule has 0 atom stereocenters. The Kier molecular flexibility index (Phi) is 3.07. The lowest BCUT2D eigenvalue weighted by molar-refractivity contribution is 0.0986. The van der Waals surface area contributed by atoms with Crippen LogP contribution < -0.4 is 5.32 Å². The minimum Gasteiger partial charge on any atom is -0.350 e. The normalized spacial score (nSPS) is 13.9. The predicted molar refractivity (Wildman–Crippen MR) is 72.3 cm³/mol. The van der Waals surface area contributed by atoms with Crippen molar-refractivity contribution in [2.75, 3.05) is 5.32 Å². The molecule has 4 nitrogen and oxygen atoms in total. The molecule has 1 N–H and O–H groups in total. The highest BCUT2D eigenvalue weighted by molar-refractivity contribution is 6.03. The van der Waals surface area contributed by atoms with Gasteiger partial charge in [-0.3, -0.25) is 4.79 Å². The SMILES string of the molecule is Cc1ccc(NC(=O)c2onc3c2CCCC3)cc1. The first-order valence-electron chi connectivity index (χ1n) is 6.59. The average molecular weight is 256 g/mol. The molecular formula is C15H16N2O2. The van der Waals surface area contributed by atoms with Gasteiger partial charge in [0.1, 0.15) is 0 Å². The molecule has 0 bridgehead atoms. The summed E-state index contributed by atoms with van der Waals surface area (Å²) in [5, 5.41) is 6.85. The number of carbonyl (C=O) groups is 1. The van der Waals surface area contributed by atoms with E-state index in [0.717, 1.165) is 48.2 Å². The average Bonchev–Trinajstić information content (AvgIpc) is 2.85. The lowest BCUT2D eigenvalue weighted by Crippen LogP contribution is -2.14. The number of aromatic nitrogens is 1. The molecule has 98 valence electrons. The summed E-state index contributed by atoms with van der Waals surface area (Å²) in [4.78, 5) is 12.2. The van der Waals surface area contributed by atoms with Crippen LogP contribution in [0.25, 0.3) is 0 Å². The molecule has 3 rings (SSSR count). The monoisotopic (exact) mass is 256 g/mol. The molecule has 4 heteroatoms. The van der Waals surface area contributed by atoms with Crippen LogP contribution in [0.4, 0.5) is 5.69 Å². The molecule has 0 aliphatic heterocycles. The summed E-state index contributed by atoms with van der Waals surface area (Å²) in [5.74, 6) is 0.162. The molecule has 1 amide bonds. The van der Waals surface area contributed by atoms with Crippen molar-refractivity contribution >= 4 is 11.6 Å². The van der Waals surface area contributed by atoms with E-state index >= 15 is 0 Å². The summed E-state index contributed by atoms with van der Waals surface area (Å²) in [6.07, 6.45) is 4.02. The highest BCUT2D eigenvalue weighted by Gasteiger charge is 2.24. The zero-order valence-corrected chi connectivity index (χ0v) is 10.9. The van der Waals surface area contributed by atoms with E-state index in [2.05, 4.69) is 10.5 Å². The third kappa shape index (κ3) is 2.38. The third-order valence-corrected chi connectivity index (χ3v) is 3.48. The van der Waals surface area contributed by atoms with Gasteiger partial charge in [0.05, 0.1) is 5.69 Å². The fraction of sp³-hybridized carbons (Fsp3) is 0.333. The van der Waals surface area contributed by atoms with E-state index in [1.807, 2.05) is 31.2 Å². The largest absolute Gasteiger partial charge is 0.350 e. The quantitative estimate of drug-likeness (QED) is 0.898. The topological polar surface area (TPSA) is 55.1 Å². The van der Waals surface area contributed by atoms with Crippen LogP contribution in [-0.4, -0.2) is 11.1 Å². The van der Waals surface area contributed by atoms with Crippen LogP contribution in [0.5, 0.6) is 0 Å². The van der Waals surface area contributed by atoms with Gasteiger partial charge in [0, 0.05) is 11.3 Å². The highest BCUT2D eigenvalue weighted by atomic mass is 16.5.